The van der Waals surface area contributed by atoms with Gasteiger partial charge in [-0.3, -0.25) is 0 Å². The molecule has 3 heteroatoms. The van der Waals surface area contributed by atoms with Crippen LogP contribution in [0.25, 0.3) is 32.4 Å². The molecule has 0 aliphatic heterocycles. The van der Waals surface area contributed by atoms with Crippen molar-refractivity contribution < 1.29 is 4.42 Å². The Hall–Kier alpha value is -2.10. The number of fused-ring (bicyclic) bond motifs is 3. The predicted molar refractivity (Wildman–Crippen MR) is 84.9 cm³/mol. The molecular formula is C17H13NOS. The van der Waals surface area contributed by atoms with Gasteiger partial charge < -0.3 is 10.2 Å². The predicted octanol–water partition coefficient (Wildman–Crippen LogP) is 4.77. The van der Waals surface area contributed by atoms with Gasteiger partial charge in [-0.2, -0.15) is 0 Å². The third kappa shape index (κ3) is 1.75. The highest BCUT2D eigenvalue weighted by molar-refractivity contribution is 7.15. The molecule has 0 atom stereocenters. The minimum atomic E-state index is 0.599. The number of nitrogens with two attached hydrogens (primary N) is 1. The average Bonchev–Trinajstić information content (AvgIpc) is 3.11. The third-order valence-electron chi connectivity index (χ3n) is 3.52. The molecule has 20 heavy (non-hydrogen) atoms. The van der Waals surface area contributed by atoms with Gasteiger partial charge in [0.2, 0.25) is 0 Å². The second-order valence-corrected chi connectivity index (χ2v) is 5.95. The van der Waals surface area contributed by atoms with Crippen LogP contribution < -0.4 is 5.73 Å². The van der Waals surface area contributed by atoms with E-state index in [4.69, 9.17) is 10.2 Å². The Morgan fingerprint density at radius 2 is 1.75 bits per heavy atom. The lowest BCUT2D eigenvalue weighted by molar-refractivity contribution is 0.669. The molecule has 0 unspecified atom stereocenters. The fourth-order valence-electron chi connectivity index (χ4n) is 2.52. The Morgan fingerprint density at radius 3 is 2.60 bits per heavy atom. The van der Waals surface area contributed by atoms with Crippen molar-refractivity contribution in [1.29, 1.82) is 0 Å². The van der Waals surface area contributed by atoms with Crippen LogP contribution in [0.3, 0.4) is 0 Å². The van der Waals surface area contributed by atoms with Crippen molar-refractivity contribution in [1.82, 2.24) is 0 Å². The van der Waals surface area contributed by atoms with Crippen molar-refractivity contribution in [3.05, 3.63) is 59.5 Å². The molecular weight excluding hydrogens is 266 g/mol. The van der Waals surface area contributed by atoms with Crippen LogP contribution in [0, 0.1) is 0 Å². The van der Waals surface area contributed by atoms with Crippen LogP contribution in [-0.2, 0) is 6.54 Å². The van der Waals surface area contributed by atoms with Crippen molar-refractivity contribution in [3.63, 3.8) is 0 Å². The largest absolute Gasteiger partial charge is 0.456 e. The number of furan rings is 1. The second-order valence-electron chi connectivity index (χ2n) is 4.78. The van der Waals surface area contributed by atoms with Crippen LogP contribution in [-0.4, -0.2) is 0 Å². The molecule has 0 aliphatic carbocycles. The zero-order chi connectivity index (χ0) is 13.5. The lowest BCUT2D eigenvalue weighted by Gasteiger charge is -1.97. The topological polar surface area (TPSA) is 39.2 Å². The molecule has 2 nitrogen and oxygen atoms in total. The first-order chi connectivity index (χ1) is 9.85. The van der Waals surface area contributed by atoms with Crippen molar-refractivity contribution in [3.8, 4) is 10.4 Å². The van der Waals surface area contributed by atoms with E-state index in [-0.39, 0.29) is 0 Å². The van der Waals surface area contributed by atoms with Crippen LogP contribution >= 0.6 is 11.3 Å². The van der Waals surface area contributed by atoms with E-state index < -0.39 is 0 Å². The molecule has 0 fully saturated rings. The second kappa shape index (κ2) is 4.47. The van der Waals surface area contributed by atoms with E-state index in [0.717, 1.165) is 11.2 Å². The average molecular weight is 279 g/mol. The van der Waals surface area contributed by atoms with Gasteiger partial charge in [0.25, 0.3) is 0 Å². The van der Waals surface area contributed by atoms with Gasteiger partial charge in [0.1, 0.15) is 11.2 Å². The summed E-state index contributed by atoms with van der Waals surface area (Å²) in [4.78, 5) is 2.45. The minimum Gasteiger partial charge on any atom is -0.456 e. The molecule has 4 rings (SSSR count). The third-order valence-corrected chi connectivity index (χ3v) is 4.68. The summed E-state index contributed by atoms with van der Waals surface area (Å²) in [6, 6.07) is 18.7. The first-order valence-electron chi connectivity index (χ1n) is 6.55. The summed E-state index contributed by atoms with van der Waals surface area (Å²) in [6.45, 7) is 0.599. The van der Waals surface area contributed by atoms with Crippen molar-refractivity contribution in [2.75, 3.05) is 0 Å². The monoisotopic (exact) mass is 279 g/mol. The highest BCUT2D eigenvalue weighted by Gasteiger charge is 2.08. The van der Waals surface area contributed by atoms with Gasteiger partial charge >= 0.3 is 0 Å². The lowest BCUT2D eigenvalue weighted by atomic mass is 10.1. The van der Waals surface area contributed by atoms with Gasteiger partial charge in [0.05, 0.1) is 0 Å². The Balaban J connectivity index is 1.95. The summed E-state index contributed by atoms with van der Waals surface area (Å²) >= 11 is 1.75. The fourth-order valence-corrected chi connectivity index (χ4v) is 3.40. The van der Waals surface area contributed by atoms with E-state index in [1.54, 1.807) is 11.3 Å². The molecule has 0 bridgehead atoms. The number of benzene rings is 2. The summed E-state index contributed by atoms with van der Waals surface area (Å²) in [7, 11) is 0. The highest BCUT2D eigenvalue weighted by Crippen LogP contribution is 2.34. The van der Waals surface area contributed by atoms with Gasteiger partial charge in [-0.25, -0.2) is 0 Å². The summed E-state index contributed by atoms with van der Waals surface area (Å²) in [6.07, 6.45) is 0. The molecule has 0 spiro atoms. The van der Waals surface area contributed by atoms with E-state index in [2.05, 4.69) is 30.3 Å². The number of thiophene rings is 1. The minimum absolute atomic E-state index is 0.599. The summed E-state index contributed by atoms with van der Waals surface area (Å²) < 4.78 is 5.85. The maximum atomic E-state index is 5.85. The molecule has 98 valence electrons. The van der Waals surface area contributed by atoms with Gasteiger partial charge in [-0.15, -0.1) is 11.3 Å². The summed E-state index contributed by atoms with van der Waals surface area (Å²) in [5.74, 6) is 0. The van der Waals surface area contributed by atoms with Crippen molar-refractivity contribution in [2.24, 2.45) is 5.73 Å². The smallest absolute Gasteiger partial charge is 0.135 e. The molecule has 2 aromatic heterocycles. The van der Waals surface area contributed by atoms with E-state index in [1.807, 2.05) is 24.3 Å². The quantitative estimate of drug-likeness (QED) is 0.574. The first kappa shape index (κ1) is 11.7. The summed E-state index contributed by atoms with van der Waals surface area (Å²) in [5.41, 5.74) is 8.78. The standard InChI is InChI=1S/C17H13NOS/c18-10-12-6-8-17(20-12)11-5-7-16-14(9-11)13-3-1-2-4-15(13)19-16/h1-9H,10,18H2. The molecule has 0 aliphatic rings. The fraction of sp³-hybridized carbons (Fsp3) is 0.0588. The Bertz CT molecular complexity index is 904. The van der Waals surface area contributed by atoms with Crippen molar-refractivity contribution >= 4 is 33.3 Å². The van der Waals surface area contributed by atoms with Crippen LogP contribution in [0.2, 0.25) is 0 Å². The van der Waals surface area contributed by atoms with E-state index in [9.17, 15) is 0 Å². The highest BCUT2D eigenvalue weighted by atomic mass is 32.1. The van der Waals surface area contributed by atoms with Crippen LogP contribution in [0.4, 0.5) is 0 Å². The van der Waals surface area contributed by atoms with Crippen LogP contribution in [0.1, 0.15) is 4.88 Å². The van der Waals surface area contributed by atoms with Crippen LogP contribution in [0.15, 0.2) is 59.0 Å². The lowest BCUT2D eigenvalue weighted by Crippen LogP contribution is -1.90. The first-order valence-corrected chi connectivity index (χ1v) is 7.37. The molecule has 0 saturated heterocycles. The molecule has 0 radical (unpaired) electrons. The Kier molecular flexibility index (Phi) is 2.62. The zero-order valence-electron chi connectivity index (χ0n) is 10.8. The molecule has 2 aromatic carbocycles. The Morgan fingerprint density at radius 1 is 0.900 bits per heavy atom. The molecule has 2 N–H and O–H groups in total. The maximum Gasteiger partial charge on any atom is 0.135 e. The van der Waals surface area contributed by atoms with Gasteiger partial charge in [0.15, 0.2) is 0 Å². The Labute approximate surface area is 120 Å². The van der Waals surface area contributed by atoms with Crippen molar-refractivity contribution in [2.45, 2.75) is 6.54 Å². The number of hydrogen-bond acceptors (Lipinski definition) is 3. The maximum absolute atomic E-state index is 5.85. The number of hydrogen-bond donors (Lipinski definition) is 1. The molecule has 4 aromatic rings. The van der Waals surface area contributed by atoms with Crippen LogP contribution in [0.5, 0.6) is 0 Å². The normalized spacial score (nSPS) is 11.4. The molecule has 2 heterocycles. The van der Waals surface area contributed by atoms with E-state index >= 15 is 0 Å². The summed E-state index contributed by atoms with van der Waals surface area (Å²) in [5, 5.41) is 2.33. The molecule has 0 saturated carbocycles. The van der Waals surface area contributed by atoms with Gasteiger partial charge in [-0.1, -0.05) is 18.2 Å². The number of rotatable bonds is 2. The van der Waals surface area contributed by atoms with E-state index in [1.165, 1.54) is 26.1 Å². The molecule has 0 amide bonds. The SMILES string of the molecule is NCc1ccc(-c2ccc3oc4ccccc4c3c2)s1. The van der Waals surface area contributed by atoms with Gasteiger partial charge in [-0.05, 0) is 42.0 Å². The van der Waals surface area contributed by atoms with E-state index in [0.29, 0.717) is 6.54 Å². The van der Waals surface area contributed by atoms with Gasteiger partial charge in [0, 0.05) is 27.1 Å². The zero-order valence-corrected chi connectivity index (χ0v) is 11.6. The number of para-hydroxylation sites is 1.